The van der Waals surface area contributed by atoms with Crippen molar-refractivity contribution in [1.82, 2.24) is 14.5 Å². The van der Waals surface area contributed by atoms with Gasteiger partial charge in [-0.1, -0.05) is 0 Å². The number of carboxylic acid groups (broad SMARTS) is 1. The molecule has 0 aliphatic carbocycles. The van der Waals surface area contributed by atoms with Gasteiger partial charge >= 0.3 is 5.97 Å². The second-order valence-electron chi connectivity index (χ2n) is 5.73. The fourth-order valence-electron chi connectivity index (χ4n) is 2.27. The van der Waals surface area contributed by atoms with Crippen LogP contribution in [0.25, 0.3) is 11.0 Å². The number of nitrogens with zero attached hydrogens (tertiary/aromatic N) is 3. The molecule has 21 heavy (non-hydrogen) atoms. The first-order chi connectivity index (χ1) is 9.99. The molecular weight excluding hydrogens is 266 g/mol. The lowest BCUT2D eigenvalue weighted by Crippen LogP contribution is -2.27. The summed E-state index contributed by atoms with van der Waals surface area (Å²) in [6, 6.07) is 5.63. The van der Waals surface area contributed by atoms with Gasteiger partial charge in [-0.25, -0.2) is 9.78 Å². The summed E-state index contributed by atoms with van der Waals surface area (Å²) in [5, 5.41) is 9.06. The van der Waals surface area contributed by atoms with Gasteiger partial charge in [0.2, 0.25) is 0 Å². The monoisotopic (exact) mass is 289 g/mol. The number of carboxylic acids is 1. The van der Waals surface area contributed by atoms with Crippen molar-refractivity contribution in [2.24, 2.45) is 0 Å². The minimum absolute atomic E-state index is 0.309. The Balaban J connectivity index is 1.99. The Morgan fingerprint density at radius 2 is 2.14 bits per heavy atom. The lowest BCUT2D eigenvalue weighted by Gasteiger charge is -2.20. The van der Waals surface area contributed by atoms with Crippen molar-refractivity contribution in [1.29, 1.82) is 0 Å². The van der Waals surface area contributed by atoms with Crippen LogP contribution in [0.1, 0.15) is 37.0 Å². The average molecular weight is 289 g/mol. The van der Waals surface area contributed by atoms with E-state index >= 15 is 0 Å². The molecule has 0 saturated carbocycles. The zero-order chi connectivity index (χ0) is 15.4. The summed E-state index contributed by atoms with van der Waals surface area (Å²) in [7, 11) is 2.14. The van der Waals surface area contributed by atoms with Crippen molar-refractivity contribution in [2.45, 2.75) is 39.3 Å². The number of hydrogen-bond acceptors (Lipinski definition) is 3. The molecule has 0 atom stereocenters. The van der Waals surface area contributed by atoms with Crippen LogP contribution in [0.3, 0.4) is 0 Å². The van der Waals surface area contributed by atoms with Gasteiger partial charge in [0.25, 0.3) is 0 Å². The minimum Gasteiger partial charge on any atom is -0.478 e. The standard InChI is InChI=1S/C16H23N3O2/c1-12(2)18(3)8-4-5-9-19-11-17-14-7-6-13(16(20)21)10-15(14)19/h6-7,10-12H,4-5,8-9H2,1-3H3,(H,20,21). The van der Waals surface area contributed by atoms with E-state index in [-0.39, 0.29) is 0 Å². The van der Waals surface area contributed by atoms with E-state index < -0.39 is 5.97 Å². The molecule has 0 fully saturated rings. The van der Waals surface area contributed by atoms with Crippen LogP contribution in [0, 0.1) is 0 Å². The topological polar surface area (TPSA) is 58.4 Å². The quantitative estimate of drug-likeness (QED) is 0.796. The molecule has 1 N–H and O–H groups in total. The van der Waals surface area contributed by atoms with Crippen molar-refractivity contribution in [3.63, 3.8) is 0 Å². The summed E-state index contributed by atoms with van der Waals surface area (Å²) in [5.74, 6) is -0.900. The molecule has 0 aliphatic heterocycles. The van der Waals surface area contributed by atoms with E-state index in [9.17, 15) is 4.79 Å². The third kappa shape index (κ3) is 3.82. The summed E-state index contributed by atoms with van der Waals surface area (Å²) in [5.41, 5.74) is 2.05. The number of unbranched alkanes of at least 4 members (excludes halogenated alkanes) is 1. The van der Waals surface area contributed by atoms with E-state index in [2.05, 4.69) is 30.8 Å². The normalized spacial score (nSPS) is 11.7. The maximum atomic E-state index is 11.0. The van der Waals surface area contributed by atoms with Crippen molar-refractivity contribution in [3.05, 3.63) is 30.1 Å². The van der Waals surface area contributed by atoms with Crippen LogP contribution < -0.4 is 0 Å². The largest absolute Gasteiger partial charge is 0.478 e. The zero-order valence-electron chi connectivity index (χ0n) is 12.9. The molecule has 0 spiro atoms. The molecule has 2 rings (SSSR count). The van der Waals surface area contributed by atoms with Gasteiger partial charge in [0.15, 0.2) is 0 Å². The van der Waals surface area contributed by atoms with E-state index in [1.807, 2.05) is 4.57 Å². The highest BCUT2D eigenvalue weighted by atomic mass is 16.4. The van der Waals surface area contributed by atoms with E-state index in [0.29, 0.717) is 11.6 Å². The molecule has 5 nitrogen and oxygen atoms in total. The molecule has 114 valence electrons. The number of rotatable bonds is 7. The second-order valence-corrected chi connectivity index (χ2v) is 5.73. The molecule has 1 heterocycles. The fraction of sp³-hybridized carbons (Fsp3) is 0.500. The van der Waals surface area contributed by atoms with Crippen LogP contribution in [-0.4, -0.2) is 45.2 Å². The van der Waals surface area contributed by atoms with E-state index in [1.54, 1.807) is 24.5 Å². The summed E-state index contributed by atoms with van der Waals surface area (Å²) in [4.78, 5) is 17.7. The van der Waals surface area contributed by atoms with Gasteiger partial charge in [0, 0.05) is 12.6 Å². The van der Waals surface area contributed by atoms with Gasteiger partial charge in [-0.3, -0.25) is 0 Å². The van der Waals surface area contributed by atoms with Crippen LogP contribution in [0.2, 0.25) is 0 Å². The first kappa shape index (κ1) is 15.5. The molecule has 1 aromatic carbocycles. The zero-order valence-corrected chi connectivity index (χ0v) is 12.9. The van der Waals surface area contributed by atoms with Crippen LogP contribution in [0.15, 0.2) is 24.5 Å². The third-order valence-electron chi connectivity index (χ3n) is 3.91. The number of aromatic carboxylic acids is 1. The number of imidazole rings is 1. The summed E-state index contributed by atoms with van der Waals surface area (Å²) in [6.45, 7) is 6.32. The molecule has 1 aromatic heterocycles. The molecular formula is C16H23N3O2. The highest BCUT2D eigenvalue weighted by molar-refractivity contribution is 5.92. The smallest absolute Gasteiger partial charge is 0.335 e. The Bertz CT molecular complexity index is 619. The number of fused-ring (bicyclic) bond motifs is 1. The van der Waals surface area contributed by atoms with Gasteiger partial charge < -0.3 is 14.6 Å². The van der Waals surface area contributed by atoms with Crippen LogP contribution in [0.5, 0.6) is 0 Å². The Hall–Kier alpha value is -1.88. The molecule has 0 unspecified atom stereocenters. The lowest BCUT2D eigenvalue weighted by molar-refractivity contribution is 0.0697. The number of hydrogen-bond donors (Lipinski definition) is 1. The van der Waals surface area contributed by atoms with Crippen molar-refractivity contribution in [2.75, 3.05) is 13.6 Å². The highest BCUT2D eigenvalue weighted by Gasteiger charge is 2.08. The van der Waals surface area contributed by atoms with Crippen LogP contribution in [0.4, 0.5) is 0 Å². The Labute approximate surface area is 125 Å². The van der Waals surface area contributed by atoms with Crippen LogP contribution in [-0.2, 0) is 6.54 Å². The van der Waals surface area contributed by atoms with Crippen molar-refractivity contribution >= 4 is 17.0 Å². The molecule has 2 aromatic rings. The summed E-state index contributed by atoms with van der Waals surface area (Å²) < 4.78 is 2.04. The minimum atomic E-state index is -0.900. The second kappa shape index (κ2) is 6.72. The number of benzene rings is 1. The average Bonchev–Trinajstić information content (AvgIpc) is 2.85. The molecule has 0 radical (unpaired) electrons. The summed E-state index contributed by atoms with van der Waals surface area (Å²) >= 11 is 0. The number of carbonyl (C=O) groups is 1. The summed E-state index contributed by atoms with van der Waals surface area (Å²) in [6.07, 6.45) is 3.97. The van der Waals surface area contributed by atoms with Gasteiger partial charge in [-0.2, -0.15) is 0 Å². The van der Waals surface area contributed by atoms with E-state index in [0.717, 1.165) is 37.0 Å². The highest BCUT2D eigenvalue weighted by Crippen LogP contribution is 2.16. The molecule has 0 saturated heterocycles. The Kier molecular flexibility index (Phi) is 4.96. The maximum Gasteiger partial charge on any atom is 0.335 e. The number of aromatic nitrogens is 2. The predicted octanol–water partition coefficient (Wildman–Crippen LogP) is 2.85. The maximum absolute atomic E-state index is 11.0. The first-order valence-electron chi connectivity index (χ1n) is 7.37. The van der Waals surface area contributed by atoms with Gasteiger partial charge in [-0.05, 0) is 58.5 Å². The van der Waals surface area contributed by atoms with E-state index in [1.165, 1.54) is 0 Å². The van der Waals surface area contributed by atoms with Crippen LogP contribution >= 0.6 is 0 Å². The van der Waals surface area contributed by atoms with E-state index in [4.69, 9.17) is 5.11 Å². The predicted molar refractivity (Wildman–Crippen MR) is 83.7 cm³/mol. The van der Waals surface area contributed by atoms with Crippen molar-refractivity contribution in [3.8, 4) is 0 Å². The van der Waals surface area contributed by atoms with Gasteiger partial charge in [-0.15, -0.1) is 0 Å². The Morgan fingerprint density at radius 1 is 1.38 bits per heavy atom. The molecule has 0 amide bonds. The molecule has 0 aliphatic rings. The first-order valence-corrected chi connectivity index (χ1v) is 7.37. The lowest BCUT2D eigenvalue weighted by atomic mass is 10.2. The SMILES string of the molecule is CC(C)N(C)CCCCn1cnc2ccc(C(=O)O)cc21. The van der Waals surface area contributed by atoms with Gasteiger partial charge in [0.1, 0.15) is 0 Å². The fourth-order valence-corrected chi connectivity index (χ4v) is 2.27. The van der Waals surface area contributed by atoms with Gasteiger partial charge in [0.05, 0.1) is 22.9 Å². The molecule has 0 bridgehead atoms. The third-order valence-corrected chi connectivity index (χ3v) is 3.91. The Morgan fingerprint density at radius 3 is 2.81 bits per heavy atom. The number of aryl methyl sites for hydroxylation is 1. The van der Waals surface area contributed by atoms with Crippen molar-refractivity contribution < 1.29 is 9.90 Å². The molecule has 5 heteroatoms.